The lowest BCUT2D eigenvalue weighted by Gasteiger charge is -2.30. The summed E-state index contributed by atoms with van der Waals surface area (Å²) >= 11 is 1.32. The van der Waals surface area contributed by atoms with Gasteiger partial charge in [-0.1, -0.05) is 36.4 Å². The van der Waals surface area contributed by atoms with Gasteiger partial charge in [-0.2, -0.15) is 0 Å². The van der Waals surface area contributed by atoms with E-state index in [1.165, 1.54) is 34.4 Å². The van der Waals surface area contributed by atoms with E-state index in [1.54, 1.807) is 12.1 Å². The van der Waals surface area contributed by atoms with Crippen molar-refractivity contribution in [2.45, 2.75) is 6.04 Å². The quantitative estimate of drug-likeness (QED) is 0.743. The van der Waals surface area contributed by atoms with Crippen molar-refractivity contribution in [3.05, 3.63) is 87.9 Å². The van der Waals surface area contributed by atoms with Crippen LogP contribution in [0.3, 0.4) is 0 Å². The molecule has 0 bridgehead atoms. The zero-order chi connectivity index (χ0) is 18.1. The molecule has 26 heavy (non-hydrogen) atoms. The molecule has 130 valence electrons. The van der Waals surface area contributed by atoms with E-state index in [4.69, 9.17) is 0 Å². The molecule has 1 aromatic heterocycles. The fraction of sp³-hybridized carbons (Fsp3) is 0.100. The first-order chi connectivity index (χ1) is 12.6. The Labute approximate surface area is 153 Å². The van der Waals surface area contributed by atoms with Crippen LogP contribution in [0.25, 0.3) is 0 Å². The Morgan fingerprint density at radius 1 is 1.12 bits per heavy atom. The first kappa shape index (κ1) is 16.5. The van der Waals surface area contributed by atoms with Crippen LogP contribution in [0.2, 0.25) is 0 Å². The topological polar surface area (TPSA) is 49.4 Å². The van der Waals surface area contributed by atoms with Gasteiger partial charge in [0.1, 0.15) is 12.4 Å². The lowest BCUT2D eigenvalue weighted by Crippen LogP contribution is -2.38. The van der Waals surface area contributed by atoms with Crippen LogP contribution in [0.15, 0.2) is 66.0 Å². The summed E-state index contributed by atoms with van der Waals surface area (Å²) in [6, 6.07) is 16.5. The van der Waals surface area contributed by atoms with E-state index in [9.17, 15) is 14.0 Å². The number of anilines is 1. The Bertz CT molecular complexity index is 957. The maximum absolute atomic E-state index is 14.0. The van der Waals surface area contributed by atoms with Crippen LogP contribution in [0.4, 0.5) is 10.1 Å². The van der Waals surface area contributed by atoms with Gasteiger partial charge in [0.2, 0.25) is 5.91 Å². The van der Waals surface area contributed by atoms with Crippen LogP contribution in [-0.4, -0.2) is 23.3 Å². The summed E-state index contributed by atoms with van der Waals surface area (Å²) in [5.74, 6) is -0.966. The zero-order valence-electron chi connectivity index (χ0n) is 13.7. The van der Waals surface area contributed by atoms with Crippen molar-refractivity contribution in [3.63, 3.8) is 0 Å². The number of rotatable bonds is 2. The maximum Gasteiger partial charge on any atom is 0.265 e. The van der Waals surface area contributed by atoms with Crippen molar-refractivity contribution in [1.82, 2.24) is 4.90 Å². The number of benzene rings is 2. The Hall–Kier alpha value is -2.99. The second kappa shape index (κ2) is 6.72. The Morgan fingerprint density at radius 3 is 2.65 bits per heavy atom. The van der Waals surface area contributed by atoms with Crippen molar-refractivity contribution in [3.8, 4) is 0 Å². The van der Waals surface area contributed by atoms with E-state index in [0.29, 0.717) is 16.1 Å². The van der Waals surface area contributed by atoms with E-state index in [1.807, 2.05) is 35.7 Å². The second-order valence-corrected chi connectivity index (χ2v) is 6.95. The largest absolute Gasteiger partial charge is 0.324 e. The third-order valence-electron chi connectivity index (χ3n) is 4.32. The van der Waals surface area contributed by atoms with Gasteiger partial charge in [0.15, 0.2) is 0 Å². The molecule has 0 fully saturated rings. The van der Waals surface area contributed by atoms with E-state index < -0.39 is 11.9 Å². The molecule has 4 nitrogen and oxygen atoms in total. The average Bonchev–Trinajstić information content (AvgIpc) is 3.13. The Kier molecular flexibility index (Phi) is 4.26. The van der Waals surface area contributed by atoms with Gasteiger partial charge in [0.25, 0.3) is 5.91 Å². The third kappa shape index (κ3) is 2.99. The summed E-state index contributed by atoms with van der Waals surface area (Å²) in [6.45, 7) is -0.105. The predicted molar refractivity (Wildman–Crippen MR) is 98.7 cm³/mol. The van der Waals surface area contributed by atoms with Gasteiger partial charge in [0, 0.05) is 11.3 Å². The average molecular weight is 366 g/mol. The fourth-order valence-electron chi connectivity index (χ4n) is 3.20. The number of carbonyl (C=O) groups is 2. The number of halogens is 1. The van der Waals surface area contributed by atoms with Crippen LogP contribution < -0.4 is 5.32 Å². The summed E-state index contributed by atoms with van der Waals surface area (Å²) < 4.78 is 14.0. The third-order valence-corrected chi connectivity index (χ3v) is 5.17. The molecule has 1 aliphatic rings. The summed E-state index contributed by atoms with van der Waals surface area (Å²) in [6.07, 6.45) is 0. The molecule has 1 N–H and O–H groups in total. The van der Waals surface area contributed by atoms with Crippen LogP contribution in [-0.2, 0) is 4.79 Å². The van der Waals surface area contributed by atoms with E-state index in [-0.39, 0.29) is 18.4 Å². The molecule has 2 heterocycles. The van der Waals surface area contributed by atoms with Crippen LogP contribution in [0.5, 0.6) is 0 Å². The standard InChI is InChI=1S/C20H15FN2O2S/c21-14-8-9-16-15(11-14)19(13-5-2-1-3-6-13)23(12-18(24)22-16)20(25)17-7-4-10-26-17/h1-11,19H,12H2,(H,22,24)/t19-/m1/s1. The second-order valence-electron chi connectivity index (χ2n) is 6.00. The zero-order valence-corrected chi connectivity index (χ0v) is 14.5. The van der Waals surface area contributed by atoms with Gasteiger partial charge in [-0.25, -0.2) is 4.39 Å². The minimum absolute atomic E-state index is 0.105. The molecule has 6 heteroatoms. The number of hydrogen-bond donors (Lipinski definition) is 1. The first-order valence-corrected chi connectivity index (χ1v) is 9.00. The van der Waals surface area contributed by atoms with Gasteiger partial charge >= 0.3 is 0 Å². The van der Waals surface area contributed by atoms with E-state index in [2.05, 4.69) is 5.32 Å². The molecule has 1 aliphatic heterocycles. The molecule has 0 saturated heterocycles. The van der Waals surface area contributed by atoms with Crippen molar-refractivity contribution >= 4 is 28.8 Å². The SMILES string of the molecule is O=C1CN(C(=O)c2cccs2)[C@H](c2ccccc2)c2cc(F)ccc2N1. The predicted octanol–water partition coefficient (Wildman–Crippen LogP) is 4.07. The van der Waals surface area contributed by atoms with Gasteiger partial charge in [-0.05, 0) is 35.2 Å². The molecular formula is C20H15FN2O2S. The molecule has 2 amide bonds. The Morgan fingerprint density at radius 2 is 1.92 bits per heavy atom. The highest BCUT2D eigenvalue weighted by atomic mass is 32.1. The van der Waals surface area contributed by atoms with Crippen molar-refractivity contribution < 1.29 is 14.0 Å². The monoisotopic (exact) mass is 366 g/mol. The number of nitrogens with zero attached hydrogens (tertiary/aromatic N) is 1. The summed E-state index contributed by atoms with van der Waals surface area (Å²) in [4.78, 5) is 27.5. The maximum atomic E-state index is 14.0. The molecule has 0 saturated carbocycles. The summed E-state index contributed by atoms with van der Waals surface area (Å²) in [7, 11) is 0. The van der Waals surface area contributed by atoms with E-state index in [0.717, 1.165) is 5.56 Å². The minimum Gasteiger partial charge on any atom is -0.324 e. The highest BCUT2D eigenvalue weighted by Gasteiger charge is 2.34. The molecule has 0 aliphatic carbocycles. The van der Waals surface area contributed by atoms with Gasteiger partial charge in [-0.3, -0.25) is 9.59 Å². The summed E-state index contributed by atoms with van der Waals surface area (Å²) in [5.41, 5.74) is 1.90. The van der Waals surface area contributed by atoms with Crippen molar-refractivity contribution in [2.24, 2.45) is 0 Å². The van der Waals surface area contributed by atoms with Gasteiger partial charge in [-0.15, -0.1) is 11.3 Å². The molecule has 0 spiro atoms. The normalized spacial score (nSPS) is 16.6. The molecule has 1 atom stereocenters. The van der Waals surface area contributed by atoms with Crippen molar-refractivity contribution in [2.75, 3.05) is 11.9 Å². The lowest BCUT2D eigenvalue weighted by atomic mass is 9.95. The highest BCUT2D eigenvalue weighted by Crippen LogP contribution is 2.37. The number of nitrogens with one attached hydrogen (secondary N) is 1. The van der Waals surface area contributed by atoms with Crippen LogP contribution in [0.1, 0.15) is 26.8 Å². The smallest absolute Gasteiger partial charge is 0.265 e. The molecule has 0 radical (unpaired) electrons. The van der Waals surface area contributed by atoms with Crippen LogP contribution in [0, 0.1) is 5.82 Å². The number of hydrogen-bond acceptors (Lipinski definition) is 3. The molecule has 0 unspecified atom stereocenters. The lowest BCUT2D eigenvalue weighted by molar-refractivity contribution is -0.117. The number of amides is 2. The van der Waals surface area contributed by atoms with Gasteiger partial charge in [0.05, 0.1) is 10.9 Å². The number of thiophene rings is 1. The van der Waals surface area contributed by atoms with Crippen LogP contribution >= 0.6 is 11.3 Å². The van der Waals surface area contributed by atoms with Gasteiger partial charge < -0.3 is 10.2 Å². The fourth-order valence-corrected chi connectivity index (χ4v) is 3.88. The molecule has 3 aromatic rings. The minimum atomic E-state index is -0.560. The number of carbonyl (C=O) groups excluding carboxylic acids is 2. The van der Waals surface area contributed by atoms with Crippen molar-refractivity contribution in [1.29, 1.82) is 0 Å². The number of fused-ring (bicyclic) bond motifs is 1. The Balaban J connectivity index is 1.90. The molecule has 4 rings (SSSR count). The first-order valence-electron chi connectivity index (χ1n) is 8.12. The highest BCUT2D eigenvalue weighted by molar-refractivity contribution is 7.12. The summed E-state index contributed by atoms with van der Waals surface area (Å²) in [5, 5.41) is 4.60. The molecular weight excluding hydrogens is 351 g/mol. The van der Waals surface area contributed by atoms with E-state index >= 15 is 0 Å². The molecule has 2 aromatic carbocycles.